The summed E-state index contributed by atoms with van der Waals surface area (Å²) in [5.74, 6) is 0.315. The Morgan fingerprint density at radius 3 is 2.55 bits per heavy atom. The van der Waals surface area contributed by atoms with Gasteiger partial charge in [0.1, 0.15) is 5.82 Å². The van der Waals surface area contributed by atoms with E-state index in [0.29, 0.717) is 19.1 Å². The van der Waals surface area contributed by atoms with Gasteiger partial charge >= 0.3 is 6.03 Å². The Hall–Kier alpha value is -1.70. The highest BCUT2D eigenvalue weighted by Crippen LogP contribution is 2.37. The number of amides is 2. The van der Waals surface area contributed by atoms with Crippen LogP contribution in [0.3, 0.4) is 0 Å². The number of rotatable bonds is 4. The summed E-state index contributed by atoms with van der Waals surface area (Å²) < 4.78 is 20.2. The zero-order valence-electron chi connectivity index (χ0n) is 19.0. The number of likely N-dealkylation sites (tertiary alicyclic amines) is 1. The van der Waals surface area contributed by atoms with Crippen LogP contribution in [-0.4, -0.2) is 84.8 Å². The predicted octanol–water partition coefficient (Wildman–Crippen LogP) is 3.64. The van der Waals surface area contributed by atoms with Crippen molar-refractivity contribution < 1.29 is 13.9 Å². The van der Waals surface area contributed by atoms with Crippen molar-refractivity contribution in [3.05, 3.63) is 30.1 Å². The summed E-state index contributed by atoms with van der Waals surface area (Å²) in [5, 5.41) is 2.71. The van der Waals surface area contributed by atoms with E-state index in [1.807, 2.05) is 0 Å². The number of carbonyl (C=O) groups excluding carboxylic acids is 1. The second kappa shape index (κ2) is 9.84. The summed E-state index contributed by atoms with van der Waals surface area (Å²) >= 11 is 0. The minimum atomic E-state index is -0.406. The number of urea groups is 1. The molecule has 0 aromatic heterocycles. The molecule has 0 radical (unpaired) electrons. The first-order chi connectivity index (χ1) is 14.9. The van der Waals surface area contributed by atoms with Gasteiger partial charge in [0.2, 0.25) is 0 Å². The normalized spacial score (nSPS) is 25.2. The highest BCUT2D eigenvalue weighted by Gasteiger charge is 2.43. The highest BCUT2D eigenvalue weighted by molar-refractivity contribution is 5.89. The molecule has 0 unspecified atom stereocenters. The lowest BCUT2D eigenvalue weighted by molar-refractivity contribution is -0.131. The molecule has 3 heterocycles. The summed E-state index contributed by atoms with van der Waals surface area (Å²) in [6.45, 7) is 12.5. The number of ether oxygens (including phenoxy) is 1. The molecule has 4 rings (SSSR count). The molecule has 0 aliphatic carbocycles. The quantitative estimate of drug-likeness (QED) is 0.789. The number of hydrogen-bond donors (Lipinski definition) is 1. The minimum absolute atomic E-state index is 0.118. The number of piperidine rings is 1. The van der Waals surface area contributed by atoms with E-state index < -0.39 is 5.82 Å². The second-order valence-corrected chi connectivity index (χ2v) is 9.81. The van der Waals surface area contributed by atoms with E-state index in [4.69, 9.17) is 4.74 Å². The predicted molar refractivity (Wildman–Crippen MR) is 121 cm³/mol. The molecule has 172 valence electrons. The lowest BCUT2D eigenvalue weighted by Gasteiger charge is -2.49. The number of carbonyl (C=O) groups is 1. The molecule has 7 heteroatoms. The number of halogens is 1. The molecule has 1 spiro atoms. The van der Waals surface area contributed by atoms with Gasteiger partial charge in [-0.25, -0.2) is 9.18 Å². The van der Waals surface area contributed by atoms with Gasteiger partial charge in [-0.3, -0.25) is 4.90 Å². The van der Waals surface area contributed by atoms with E-state index in [2.05, 4.69) is 29.0 Å². The molecule has 31 heavy (non-hydrogen) atoms. The van der Waals surface area contributed by atoms with Crippen molar-refractivity contribution in [1.82, 2.24) is 14.7 Å². The monoisotopic (exact) mass is 432 g/mol. The number of nitrogens with zero attached hydrogens (tertiary/aromatic N) is 3. The number of piperazine rings is 1. The third-order valence-corrected chi connectivity index (χ3v) is 7.09. The van der Waals surface area contributed by atoms with Crippen LogP contribution in [0.15, 0.2) is 24.3 Å². The average Bonchev–Trinajstić information content (AvgIpc) is 2.76. The molecule has 1 atom stereocenters. The fraction of sp³-hybridized carbons (Fsp3) is 0.708. The number of benzene rings is 1. The van der Waals surface area contributed by atoms with Gasteiger partial charge in [-0.1, -0.05) is 26.0 Å². The topological polar surface area (TPSA) is 48.1 Å². The number of para-hydroxylation sites is 1. The lowest BCUT2D eigenvalue weighted by atomic mass is 9.81. The number of nitrogens with one attached hydrogen (secondary N) is 1. The van der Waals surface area contributed by atoms with Gasteiger partial charge in [-0.05, 0) is 43.7 Å². The SMILES string of the molecule is CC(C)CN1CCN([C@@H]2CCOC3(CCN(C(=O)Nc4ccccc4F)CC3)C2)CC1. The maximum absolute atomic E-state index is 13.8. The van der Waals surface area contributed by atoms with Crippen LogP contribution in [0.4, 0.5) is 14.9 Å². The van der Waals surface area contributed by atoms with Crippen molar-refractivity contribution in [3.8, 4) is 0 Å². The van der Waals surface area contributed by atoms with Gasteiger partial charge < -0.3 is 19.9 Å². The van der Waals surface area contributed by atoms with E-state index in [1.54, 1.807) is 23.1 Å². The van der Waals surface area contributed by atoms with Crippen LogP contribution in [0.1, 0.15) is 39.5 Å². The van der Waals surface area contributed by atoms with Gasteiger partial charge in [-0.2, -0.15) is 0 Å². The Kier molecular flexibility index (Phi) is 7.14. The Morgan fingerprint density at radius 1 is 1.16 bits per heavy atom. The summed E-state index contributed by atoms with van der Waals surface area (Å²) in [4.78, 5) is 19.6. The van der Waals surface area contributed by atoms with Crippen molar-refractivity contribution in [3.63, 3.8) is 0 Å². The summed E-state index contributed by atoms with van der Waals surface area (Å²) in [7, 11) is 0. The molecular weight excluding hydrogens is 395 g/mol. The summed E-state index contributed by atoms with van der Waals surface area (Å²) in [6.07, 6.45) is 3.85. The Balaban J connectivity index is 1.27. The van der Waals surface area contributed by atoms with E-state index in [9.17, 15) is 9.18 Å². The Morgan fingerprint density at radius 2 is 1.87 bits per heavy atom. The van der Waals surface area contributed by atoms with Crippen LogP contribution in [0.25, 0.3) is 0 Å². The van der Waals surface area contributed by atoms with Crippen molar-refractivity contribution in [2.45, 2.75) is 51.2 Å². The Labute approximate surface area is 185 Å². The van der Waals surface area contributed by atoms with Crippen molar-refractivity contribution >= 4 is 11.7 Å². The minimum Gasteiger partial charge on any atom is -0.375 e. The number of hydrogen-bond acceptors (Lipinski definition) is 4. The van der Waals surface area contributed by atoms with E-state index in [-0.39, 0.29) is 17.3 Å². The van der Waals surface area contributed by atoms with E-state index in [0.717, 1.165) is 64.4 Å². The first kappa shape index (κ1) is 22.5. The summed E-state index contributed by atoms with van der Waals surface area (Å²) in [6, 6.07) is 6.65. The molecule has 3 fully saturated rings. The van der Waals surface area contributed by atoms with Crippen LogP contribution in [-0.2, 0) is 4.74 Å². The fourth-order valence-electron chi connectivity index (χ4n) is 5.36. The maximum Gasteiger partial charge on any atom is 0.321 e. The van der Waals surface area contributed by atoms with E-state index >= 15 is 0 Å². The van der Waals surface area contributed by atoms with Gasteiger partial charge in [0.05, 0.1) is 11.3 Å². The zero-order valence-corrected chi connectivity index (χ0v) is 19.0. The Bertz CT molecular complexity index is 743. The van der Waals surface area contributed by atoms with Crippen molar-refractivity contribution in [1.29, 1.82) is 0 Å². The van der Waals surface area contributed by atoms with Crippen LogP contribution in [0.5, 0.6) is 0 Å². The molecular formula is C24H37FN4O2. The maximum atomic E-state index is 13.8. The van der Waals surface area contributed by atoms with Gasteiger partial charge in [0.25, 0.3) is 0 Å². The molecule has 3 saturated heterocycles. The third-order valence-electron chi connectivity index (χ3n) is 7.09. The lowest BCUT2D eigenvalue weighted by Crippen LogP contribution is -2.57. The van der Waals surface area contributed by atoms with Crippen LogP contribution < -0.4 is 5.32 Å². The molecule has 2 amide bonds. The first-order valence-corrected chi connectivity index (χ1v) is 11.8. The smallest absolute Gasteiger partial charge is 0.321 e. The molecule has 0 saturated carbocycles. The van der Waals surface area contributed by atoms with Crippen LogP contribution in [0.2, 0.25) is 0 Å². The van der Waals surface area contributed by atoms with Gasteiger partial charge in [-0.15, -0.1) is 0 Å². The van der Waals surface area contributed by atoms with Crippen molar-refractivity contribution in [2.24, 2.45) is 5.92 Å². The van der Waals surface area contributed by atoms with Gasteiger partial charge in [0, 0.05) is 58.5 Å². The van der Waals surface area contributed by atoms with Crippen LogP contribution >= 0.6 is 0 Å². The standard InChI is InChI=1S/C24H37FN4O2/c1-19(2)18-27-12-14-28(15-13-27)20-7-16-31-24(17-20)8-10-29(11-9-24)23(30)26-22-6-4-3-5-21(22)25/h3-6,19-20H,7-18H2,1-2H3,(H,26,30)/t20-/m1/s1. The molecule has 6 nitrogen and oxygen atoms in total. The molecule has 3 aliphatic heterocycles. The number of anilines is 1. The molecule has 1 aromatic carbocycles. The molecule has 1 N–H and O–H groups in total. The highest BCUT2D eigenvalue weighted by atomic mass is 19.1. The summed E-state index contributed by atoms with van der Waals surface area (Å²) in [5.41, 5.74) is 0.116. The molecule has 3 aliphatic rings. The van der Waals surface area contributed by atoms with Crippen molar-refractivity contribution in [2.75, 3.05) is 57.7 Å². The fourth-order valence-corrected chi connectivity index (χ4v) is 5.36. The molecule has 1 aromatic rings. The first-order valence-electron chi connectivity index (χ1n) is 11.8. The van der Waals surface area contributed by atoms with Gasteiger partial charge in [0.15, 0.2) is 0 Å². The van der Waals surface area contributed by atoms with Crippen LogP contribution in [0, 0.1) is 11.7 Å². The zero-order chi connectivity index (χ0) is 21.8. The average molecular weight is 433 g/mol. The third kappa shape index (κ3) is 5.57. The largest absolute Gasteiger partial charge is 0.375 e. The van der Waals surface area contributed by atoms with E-state index in [1.165, 1.54) is 12.6 Å². The second-order valence-electron chi connectivity index (χ2n) is 9.81. The molecule has 0 bridgehead atoms.